The Balaban J connectivity index is 2.66. The zero-order chi connectivity index (χ0) is 12.1. The molecule has 1 rings (SSSR count). The Labute approximate surface area is 102 Å². The zero-order valence-electron chi connectivity index (χ0n) is 8.84. The van der Waals surface area contributed by atoms with Crippen molar-refractivity contribution in [2.45, 2.75) is 18.2 Å². The number of alkyl halides is 1. The highest BCUT2D eigenvalue weighted by atomic mass is 79.9. The van der Waals surface area contributed by atoms with E-state index >= 15 is 0 Å². The topological polar surface area (TPSA) is 49.3 Å². The molecule has 0 bridgehead atoms. The minimum Gasteiger partial charge on any atom is -0.508 e. The van der Waals surface area contributed by atoms with E-state index in [1.54, 1.807) is 0 Å². The van der Waals surface area contributed by atoms with Gasteiger partial charge in [0.15, 0.2) is 0 Å². The molecular weight excluding hydrogens is 277 g/mol. The number of amides is 1. The molecule has 1 aromatic rings. The summed E-state index contributed by atoms with van der Waals surface area (Å²) >= 11 is 3.36. The number of halogens is 2. The van der Waals surface area contributed by atoms with Gasteiger partial charge in [-0.1, -0.05) is 22.9 Å². The van der Waals surface area contributed by atoms with Gasteiger partial charge < -0.3 is 10.4 Å². The molecule has 2 N–H and O–H groups in total. The third-order valence-corrected chi connectivity index (χ3v) is 3.10. The number of phenolic OH excluding ortho intramolecular Hbond substituents is 1. The van der Waals surface area contributed by atoms with Crippen molar-refractivity contribution in [3.63, 3.8) is 0 Å². The van der Waals surface area contributed by atoms with Crippen molar-refractivity contribution < 1.29 is 14.3 Å². The van der Waals surface area contributed by atoms with Crippen molar-refractivity contribution in [2.75, 3.05) is 6.54 Å². The van der Waals surface area contributed by atoms with Crippen LogP contribution in [0.3, 0.4) is 0 Å². The van der Waals surface area contributed by atoms with Crippen LogP contribution in [0, 0.1) is 5.82 Å². The Kier molecular flexibility index (Phi) is 4.73. The molecule has 1 aromatic carbocycles. The van der Waals surface area contributed by atoms with Crippen LogP contribution < -0.4 is 5.32 Å². The molecule has 0 aliphatic rings. The largest absolute Gasteiger partial charge is 0.508 e. The summed E-state index contributed by atoms with van der Waals surface area (Å²) in [5.41, 5.74) is -0.0615. The van der Waals surface area contributed by atoms with E-state index in [9.17, 15) is 9.18 Å². The van der Waals surface area contributed by atoms with E-state index < -0.39 is 11.7 Å². The lowest BCUT2D eigenvalue weighted by atomic mass is 10.2. The number of rotatable bonds is 4. The second-order valence-electron chi connectivity index (χ2n) is 3.38. The number of hydrogen-bond acceptors (Lipinski definition) is 2. The van der Waals surface area contributed by atoms with E-state index in [0.717, 1.165) is 12.5 Å². The second kappa shape index (κ2) is 5.84. The van der Waals surface area contributed by atoms with Gasteiger partial charge >= 0.3 is 0 Å². The molecule has 1 unspecified atom stereocenters. The molecule has 0 aliphatic heterocycles. The molecule has 1 atom stereocenters. The predicted molar refractivity (Wildman–Crippen MR) is 63.4 cm³/mol. The first-order valence-electron chi connectivity index (χ1n) is 4.95. The van der Waals surface area contributed by atoms with Gasteiger partial charge in [-0.15, -0.1) is 0 Å². The molecule has 0 aliphatic carbocycles. The van der Waals surface area contributed by atoms with E-state index in [2.05, 4.69) is 21.2 Å². The highest BCUT2D eigenvalue weighted by molar-refractivity contribution is 9.09. The summed E-state index contributed by atoms with van der Waals surface area (Å²) in [5.74, 6) is -1.39. The molecule has 0 saturated heterocycles. The molecular formula is C11H13BrFNO2. The van der Waals surface area contributed by atoms with Crippen molar-refractivity contribution in [1.82, 2.24) is 5.32 Å². The quantitative estimate of drug-likeness (QED) is 0.837. The van der Waals surface area contributed by atoms with Gasteiger partial charge in [0.1, 0.15) is 11.6 Å². The Morgan fingerprint density at radius 3 is 2.88 bits per heavy atom. The third-order valence-electron chi connectivity index (χ3n) is 2.12. The smallest absolute Gasteiger partial charge is 0.254 e. The Morgan fingerprint density at radius 1 is 1.62 bits per heavy atom. The molecule has 0 fully saturated rings. The molecule has 16 heavy (non-hydrogen) atoms. The number of carbonyl (C=O) groups excluding carboxylic acids is 1. The third kappa shape index (κ3) is 3.48. The number of aromatic hydroxyl groups is 1. The lowest BCUT2D eigenvalue weighted by Crippen LogP contribution is -2.29. The number of benzene rings is 1. The highest BCUT2D eigenvalue weighted by Crippen LogP contribution is 2.15. The van der Waals surface area contributed by atoms with Gasteiger partial charge in [-0.3, -0.25) is 4.79 Å². The maximum Gasteiger partial charge on any atom is 0.254 e. The first kappa shape index (κ1) is 13.0. The summed E-state index contributed by atoms with van der Waals surface area (Å²) in [5, 5.41) is 11.6. The van der Waals surface area contributed by atoms with E-state index in [1.165, 1.54) is 12.1 Å². The molecule has 0 heterocycles. The summed E-state index contributed by atoms with van der Waals surface area (Å²) in [4.78, 5) is 11.7. The van der Waals surface area contributed by atoms with Crippen molar-refractivity contribution in [2.24, 2.45) is 0 Å². The van der Waals surface area contributed by atoms with Gasteiger partial charge in [0, 0.05) is 17.4 Å². The predicted octanol–water partition coefficient (Wildman–Crippen LogP) is 2.43. The fourth-order valence-corrected chi connectivity index (χ4v) is 1.29. The molecule has 88 valence electrons. The normalized spacial score (nSPS) is 12.2. The highest BCUT2D eigenvalue weighted by Gasteiger charge is 2.12. The first-order valence-corrected chi connectivity index (χ1v) is 5.87. The van der Waals surface area contributed by atoms with Gasteiger partial charge in [0.2, 0.25) is 0 Å². The van der Waals surface area contributed by atoms with Crippen LogP contribution in [-0.4, -0.2) is 22.4 Å². The minimum absolute atomic E-state index is 0.0615. The van der Waals surface area contributed by atoms with E-state index in [0.29, 0.717) is 6.54 Å². The van der Waals surface area contributed by atoms with Crippen LogP contribution in [0.5, 0.6) is 5.75 Å². The van der Waals surface area contributed by atoms with Crippen molar-refractivity contribution >= 4 is 21.8 Å². The van der Waals surface area contributed by atoms with Gasteiger partial charge in [-0.05, 0) is 18.6 Å². The molecule has 0 saturated carbocycles. The van der Waals surface area contributed by atoms with Gasteiger partial charge in [0.25, 0.3) is 5.91 Å². The van der Waals surface area contributed by atoms with Crippen molar-refractivity contribution in [3.05, 3.63) is 29.6 Å². The summed E-state index contributed by atoms with van der Waals surface area (Å²) in [7, 11) is 0. The number of nitrogens with one attached hydrogen (secondary N) is 1. The fourth-order valence-electron chi connectivity index (χ4n) is 1.13. The van der Waals surface area contributed by atoms with E-state index in [1.807, 2.05) is 6.92 Å². The zero-order valence-corrected chi connectivity index (χ0v) is 10.4. The maximum absolute atomic E-state index is 13.3. The van der Waals surface area contributed by atoms with Gasteiger partial charge in [-0.2, -0.15) is 0 Å². The van der Waals surface area contributed by atoms with Crippen LogP contribution >= 0.6 is 15.9 Å². The van der Waals surface area contributed by atoms with E-state index in [-0.39, 0.29) is 16.1 Å². The van der Waals surface area contributed by atoms with Crippen molar-refractivity contribution in [1.29, 1.82) is 0 Å². The Morgan fingerprint density at radius 2 is 2.31 bits per heavy atom. The first-order chi connectivity index (χ1) is 7.54. The van der Waals surface area contributed by atoms with Crippen LogP contribution in [0.1, 0.15) is 23.7 Å². The molecule has 0 radical (unpaired) electrons. The fraction of sp³-hybridized carbons (Fsp3) is 0.364. The minimum atomic E-state index is -0.722. The summed E-state index contributed by atoms with van der Waals surface area (Å²) in [6, 6.07) is 3.46. The monoisotopic (exact) mass is 289 g/mol. The van der Waals surface area contributed by atoms with Crippen molar-refractivity contribution in [3.8, 4) is 5.75 Å². The van der Waals surface area contributed by atoms with Crippen LogP contribution in [0.4, 0.5) is 4.39 Å². The number of phenols is 1. The maximum atomic E-state index is 13.3. The van der Waals surface area contributed by atoms with Crippen LogP contribution in [-0.2, 0) is 0 Å². The Bertz CT molecular complexity index is 384. The van der Waals surface area contributed by atoms with Gasteiger partial charge in [-0.25, -0.2) is 4.39 Å². The Hall–Kier alpha value is -1.10. The summed E-state index contributed by atoms with van der Waals surface area (Å²) in [6.45, 7) is 2.42. The SMILES string of the molecule is CCC(Br)CNC(=O)c1ccc(O)cc1F. The molecule has 0 aromatic heterocycles. The van der Waals surface area contributed by atoms with Crippen LogP contribution in [0.25, 0.3) is 0 Å². The van der Waals surface area contributed by atoms with Crippen LogP contribution in [0.15, 0.2) is 18.2 Å². The molecule has 3 nitrogen and oxygen atoms in total. The number of carbonyl (C=O) groups is 1. The lowest BCUT2D eigenvalue weighted by Gasteiger charge is -2.09. The summed E-state index contributed by atoms with van der Waals surface area (Å²) < 4.78 is 13.3. The molecule has 0 spiro atoms. The lowest BCUT2D eigenvalue weighted by molar-refractivity contribution is 0.0950. The average Bonchev–Trinajstić information content (AvgIpc) is 2.25. The van der Waals surface area contributed by atoms with Gasteiger partial charge in [0.05, 0.1) is 5.56 Å². The number of hydrogen-bond donors (Lipinski definition) is 2. The summed E-state index contributed by atoms with van der Waals surface area (Å²) in [6.07, 6.45) is 0.873. The standard InChI is InChI=1S/C11H13BrFNO2/c1-2-7(12)6-14-11(16)9-4-3-8(15)5-10(9)13/h3-5,7,15H,2,6H2,1H3,(H,14,16). The molecule has 1 amide bonds. The molecule has 5 heteroatoms. The van der Waals surface area contributed by atoms with Crippen LogP contribution in [0.2, 0.25) is 0 Å². The average molecular weight is 290 g/mol. The second-order valence-corrected chi connectivity index (χ2v) is 4.67. The van der Waals surface area contributed by atoms with E-state index in [4.69, 9.17) is 5.11 Å².